The smallest absolute Gasteiger partial charge is 0.0888 e. The van der Waals surface area contributed by atoms with Crippen LogP contribution in [0.1, 0.15) is 44.9 Å². The Labute approximate surface area is 112 Å². The molecule has 0 saturated heterocycles. The molecule has 2 unspecified atom stereocenters. The molecule has 2 atom stereocenters. The van der Waals surface area contributed by atoms with Gasteiger partial charge in [-0.2, -0.15) is 0 Å². The molecule has 1 heterocycles. The van der Waals surface area contributed by atoms with Crippen LogP contribution in [0.5, 0.6) is 0 Å². The lowest BCUT2D eigenvalue weighted by atomic mass is 9.75. The number of aryl methyl sites for hydroxylation is 2. The Morgan fingerprint density at radius 3 is 2.78 bits per heavy atom. The van der Waals surface area contributed by atoms with E-state index < -0.39 is 0 Å². The quantitative estimate of drug-likeness (QED) is 0.877. The molecule has 0 amide bonds. The number of rotatable bonds is 3. The molecule has 1 nitrogen and oxygen atoms in total. The molecule has 94 valence electrons. The van der Waals surface area contributed by atoms with Crippen LogP contribution >= 0.6 is 11.3 Å². The zero-order valence-electron chi connectivity index (χ0n) is 10.8. The first kappa shape index (κ1) is 11.9. The molecule has 18 heavy (non-hydrogen) atoms. The summed E-state index contributed by atoms with van der Waals surface area (Å²) < 4.78 is 0. The van der Waals surface area contributed by atoms with Gasteiger partial charge >= 0.3 is 0 Å². The summed E-state index contributed by atoms with van der Waals surface area (Å²) in [7, 11) is 0. The Bertz CT molecular complexity index is 551. The molecule has 1 aliphatic carbocycles. The molecule has 1 aromatic heterocycles. The zero-order chi connectivity index (χ0) is 12.7. The Kier molecular flexibility index (Phi) is 3.00. The van der Waals surface area contributed by atoms with E-state index >= 15 is 0 Å². The van der Waals surface area contributed by atoms with Crippen molar-refractivity contribution in [3.05, 3.63) is 56.8 Å². The summed E-state index contributed by atoms with van der Waals surface area (Å²) in [4.78, 5) is 2.44. The summed E-state index contributed by atoms with van der Waals surface area (Å²) in [6.45, 7) is 4.23. The number of fused-ring (bicyclic) bond motifs is 1. The predicted octanol–water partition coefficient (Wildman–Crippen LogP) is 4.13. The average Bonchev–Trinajstić information content (AvgIpc) is 2.67. The van der Waals surface area contributed by atoms with Crippen LogP contribution < -0.4 is 0 Å². The molecule has 3 rings (SSSR count). The largest absolute Gasteiger partial charge is 0.388 e. The molecule has 1 aliphatic rings. The molecule has 1 N–H and O–H groups in total. The first-order valence-corrected chi connectivity index (χ1v) is 7.29. The van der Waals surface area contributed by atoms with Gasteiger partial charge in [-0.25, -0.2) is 0 Å². The molecular formula is C16H18OS. The minimum Gasteiger partial charge on any atom is -0.388 e. The lowest BCUT2D eigenvalue weighted by Crippen LogP contribution is -2.19. The van der Waals surface area contributed by atoms with Gasteiger partial charge in [-0.05, 0) is 55.4 Å². The van der Waals surface area contributed by atoms with Crippen LogP contribution in [0.4, 0.5) is 0 Å². The molecule has 0 spiro atoms. The van der Waals surface area contributed by atoms with Crippen molar-refractivity contribution in [1.29, 1.82) is 0 Å². The van der Waals surface area contributed by atoms with E-state index in [1.54, 1.807) is 11.3 Å². The Balaban J connectivity index is 1.72. The first-order chi connectivity index (χ1) is 8.65. The van der Waals surface area contributed by atoms with Gasteiger partial charge in [0.2, 0.25) is 0 Å². The number of aliphatic hydroxyl groups excluding tert-OH is 1. The fraction of sp³-hybridized carbons (Fsp3) is 0.375. The lowest BCUT2D eigenvalue weighted by Gasteiger charge is -2.31. The summed E-state index contributed by atoms with van der Waals surface area (Å²) in [5.41, 5.74) is 4.18. The molecule has 0 radical (unpaired) electrons. The van der Waals surface area contributed by atoms with Gasteiger partial charge in [0.1, 0.15) is 0 Å². The molecule has 0 bridgehead atoms. The second-order valence-corrected chi connectivity index (χ2v) is 6.53. The first-order valence-electron chi connectivity index (χ1n) is 6.48. The second-order valence-electron chi connectivity index (χ2n) is 5.24. The summed E-state index contributed by atoms with van der Waals surface area (Å²) in [6, 6.07) is 10.7. The van der Waals surface area contributed by atoms with Crippen molar-refractivity contribution < 1.29 is 5.11 Å². The van der Waals surface area contributed by atoms with Gasteiger partial charge in [0.15, 0.2) is 0 Å². The van der Waals surface area contributed by atoms with Gasteiger partial charge in [0.25, 0.3) is 0 Å². The average molecular weight is 258 g/mol. The summed E-state index contributed by atoms with van der Waals surface area (Å²) in [5, 5.41) is 10.3. The highest BCUT2D eigenvalue weighted by Crippen LogP contribution is 2.41. The SMILES string of the molecule is Cc1cc(C(O)CC2Cc3ccccc32)sc1C. The predicted molar refractivity (Wildman–Crippen MR) is 76.3 cm³/mol. The van der Waals surface area contributed by atoms with E-state index in [-0.39, 0.29) is 6.10 Å². The van der Waals surface area contributed by atoms with Gasteiger partial charge in [0.05, 0.1) is 6.10 Å². The molecular weight excluding hydrogens is 240 g/mol. The van der Waals surface area contributed by atoms with Gasteiger partial charge < -0.3 is 5.11 Å². The van der Waals surface area contributed by atoms with E-state index in [0.29, 0.717) is 5.92 Å². The molecule has 0 saturated carbocycles. The fourth-order valence-corrected chi connectivity index (χ4v) is 3.77. The van der Waals surface area contributed by atoms with Gasteiger partial charge in [0, 0.05) is 9.75 Å². The van der Waals surface area contributed by atoms with Crippen molar-refractivity contribution in [2.45, 2.75) is 38.7 Å². The molecule has 2 heteroatoms. The van der Waals surface area contributed by atoms with Crippen LogP contribution in [-0.4, -0.2) is 5.11 Å². The number of benzene rings is 1. The van der Waals surface area contributed by atoms with Crippen LogP contribution in [0.2, 0.25) is 0 Å². The van der Waals surface area contributed by atoms with Crippen molar-refractivity contribution in [3.63, 3.8) is 0 Å². The van der Waals surface area contributed by atoms with Crippen molar-refractivity contribution in [2.24, 2.45) is 0 Å². The Hall–Kier alpha value is -1.12. The summed E-state index contributed by atoms with van der Waals surface area (Å²) >= 11 is 1.73. The topological polar surface area (TPSA) is 20.2 Å². The van der Waals surface area contributed by atoms with Gasteiger partial charge in [-0.3, -0.25) is 0 Å². The fourth-order valence-electron chi connectivity index (χ4n) is 2.72. The summed E-state index contributed by atoms with van der Waals surface area (Å²) in [5.74, 6) is 0.541. The zero-order valence-corrected chi connectivity index (χ0v) is 11.6. The van der Waals surface area contributed by atoms with E-state index in [4.69, 9.17) is 0 Å². The minimum atomic E-state index is -0.305. The third kappa shape index (κ3) is 2.00. The number of thiophene rings is 1. The molecule has 1 aromatic carbocycles. The normalized spacial score (nSPS) is 19.2. The standard InChI is InChI=1S/C16H18OS/c1-10-7-16(18-11(10)2)15(17)9-13-8-12-5-3-4-6-14(12)13/h3-7,13,15,17H,8-9H2,1-2H3. The van der Waals surface area contributed by atoms with E-state index in [9.17, 15) is 5.11 Å². The number of hydrogen-bond donors (Lipinski definition) is 1. The van der Waals surface area contributed by atoms with Crippen LogP contribution in [0.3, 0.4) is 0 Å². The molecule has 2 aromatic rings. The van der Waals surface area contributed by atoms with Crippen LogP contribution in [0.15, 0.2) is 30.3 Å². The van der Waals surface area contributed by atoms with Crippen molar-refractivity contribution in [2.75, 3.05) is 0 Å². The van der Waals surface area contributed by atoms with Crippen LogP contribution in [-0.2, 0) is 6.42 Å². The van der Waals surface area contributed by atoms with E-state index in [1.807, 2.05) is 0 Å². The Morgan fingerprint density at radius 1 is 1.33 bits per heavy atom. The molecule has 0 fully saturated rings. The molecule has 0 aliphatic heterocycles. The highest BCUT2D eigenvalue weighted by Gasteiger charge is 2.28. The van der Waals surface area contributed by atoms with E-state index in [2.05, 4.69) is 44.2 Å². The van der Waals surface area contributed by atoms with Crippen LogP contribution in [0, 0.1) is 13.8 Å². The lowest BCUT2D eigenvalue weighted by molar-refractivity contribution is 0.157. The van der Waals surface area contributed by atoms with E-state index in [0.717, 1.165) is 17.7 Å². The third-order valence-electron chi connectivity index (χ3n) is 3.98. The number of aliphatic hydroxyl groups is 1. The Morgan fingerprint density at radius 2 is 2.11 bits per heavy atom. The van der Waals surface area contributed by atoms with Gasteiger partial charge in [-0.1, -0.05) is 24.3 Å². The minimum absolute atomic E-state index is 0.305. The maximum Gasteiger partial charge on any atom is 0.0888 e. The van der Waals surface area contributed by atoms with Crippen molar-refractivity contribution in [1.82, 2.24) is 0 Å². The summed E-state index contributed by atoms with van der Waals surface area (Å²) in [6.07, 6.45) is 1.67. The monoisotopic (exact) mass is 258 g/mol. The van der Waals surface area contributed by atoms with Crippen molar-refractivity contribution in [3.8, 4) is 0 Å². The second kappa shape index (κ2) is 4.52. The maximum atomic E-state index is 10.3. The maximum absolute atomic E-state index is 10.3. The third-order valence-corrected chi connectivity index (χ3v) is 5.24. The van der Waals surface area contributed by atoms with Crippen molar-refractivity contribution >= 4 is 11.3 Å². The van der Waals surface area contributed by atoms with Gasteiger partial charge in [-0.15, -0.1) is 11.3 Å². The highest BCUT2D eigenvalue weighted by molar-refractivity contribution is 7.12. The highest BCUT2D eigenvalue weighted by atomic mass is 32.1. The van der Waals surface area contributed by atoms with Crippen LogP contribution in [0.25, 0.3) is 0 Å². The van der Waals surface area contributed by atoms with E-state index in [1.165, 1.54) is 21.6 Å². The number of hydrogen-bond acceptors (Lipinski definition) is 2.